The second-order valence-electron chi connectivity index (χ2n) is 8.80. The minimum atomic E-state index is -0.724. The van der Waals surface area contributed by atoms with Crippen molar-refractivity contribution in [1.29, 1.82) is 0 Å². The topological polar surface area (TPSA) is 95.6 Å². The molecule has 0 bridgehead atoms. The van der Waals surface area contributed by atoms with E-state index in [4.69, 9.17) is 0 Å². The molecule has 7 nitrogen and oxygen atoms in total. The summed E-state index contributed by atoms with van der Waals surface area (Å²) in [6.45, 7) is 1.17. The number of nitrogens with zero attached hydrogens (tertiary/aromatic N) is 1. The van der Waals surface area contributed by atoms with Crippen LogP contribution in [0, 0.1) is 17.8 Å². The first-order valence-corrected chi connectivity index (χ1v) is 11.1. The van der Waals surface area contributed by atoms with Crippen molar-refractivity contribution in [3.63, 3.8) is 0 Å². The van der Waals surface area contributed by atoms with E-state index in [0.29, 0.717) is 38.1 Å². The molecule has 1 saturated carbocycles. The van der Waals surface area contributed by atoms with Gasteiger partial charge < -0.3 is 20.3 Å². The van der Waals surface area contributed by atoms with E-state index >= 15 is 0 Å². The normalized spacial score (nSPS) is 28.4. The van der Waals surface area contributed by atoms with Crippen molar-refractivity contribution in [2.75, 3.05) is 13.1 Å². The fourth-order valence-electron chi connectivity index (χ4n) is 5.29. The van der Waals surface area contributed by atoms with Crippen LogP contribution in [0.15, 0.2) is 36.4 Å². The minimum Gasteiger partial charge on any atom is -0.356 e. The van der Waals surface area contributed by atoms with E-state index in [-0.39, 0.29) is 29.6 Å². The number of nitrogens with one attached hydrogen (secondary N) is 2. The molecule has 3 aliphatic rings. The summed E-state index contributed by atoms with van der Waals surface area (Å²) >= 11 is 0. The van der Waals surface area contributed by atoms with Gasteiger partial charge in [-0.05, 0) is 49.2 Å². The van der Waals surface area contributed by atoms with Gasteiger partial charge in [0.25, 0.3) is 0 Å². The van der Waals surface area contributed by atoms with Gasteiger partial charge in [-0.3, -0.25) is 14.4 Å². The number of amides is 3. The van der Waals surface area contributed by atoms with Gasteiger partial charge in [-0.1, -0.05) is 36.8 Å². The highest BCUT2D eigenvalue weighted by Crippen LogP contribution is 2.42. The molecular formula is C24H29N3O4. The van der Waals surface area contributed by atoms with Gasteiger partial charge >= 0.3 is 0 Å². The maximum Gasteiger partial charge on any atom is 0.247 e. The largest absolute Gasteiger partial charge is 0.356 e. The summed E-state index contributed by atoms with van der Waals surface area (Å²) in [6.07, 6.45) is 7.93. The van der Waals surface area contributed by atoms with Crippen LogP contribution in [0.25, 0.3) is 6.08 Å². The molecule has 4 rings (SSSR count). The number of rotatable bonds is 7. The van der Waals surface area contributed by atoms with Crippen LogP contribution in [0.5, 0.6) is 0 Å². The Bertz CT molecular complexity index is 869. The van der Waals surface area contributed by atoms with Crippen molar-refractivity contribution in [3.8, 4) is 0 Å². The van der Waals surface area contributed by atoms with Crippen LogP contribution < -0.4 is 10.6 Å². The third-order valence-corrected chi connectivity index (χ3v) is 6.85. The lowest BCUT2D eigenvalue weighted by Crippen LogP contribution is -2.51. The molecule has 31 heavy (non-hydrogen) atoms. The molecule has 2 heterocycles. The molecule has 7 heteroatoms. The van der Waals surface area contributed by atoms with Crippen molar-refractivity contribution in [3.05, 3.63) is 42.0 Å². The average Bonchev–Trinajstić information content (AvgIpc) is 3.48. The summed E-state index contributed by atoms with van der Waals surface area (Å²) in [7, 11) is 0. The van der Waals surface area contributed by atoms with Crippen LogP contribution >= 0.6 is 0 Å². The van der Waals surface area contributed by atoms with Crippen molar-refractivity contribution in [2.24, 2.45) is 17.8 Å². The predicted octanol–water partition coefficient (Wildman–Crippen LogP) is 1.54. The first kappa shape index (κ1) is 21.3. The van der Waals surface area contributed by atoms with Gasteiger partial charge in [-0.15, -0.1) is 0 Å². The molecule has 5 atom stereocenters. The standard InChI is InChI=1S/C24H29N3O4/c28-15-19(13-17-11-12-25-23(17)30)26-24(31)22-20-8-4-7-18(20)14-27(22)21(29)10-9-16-5-2-1-3-6-16/h1-3,5-6,9-10,15,17-20,22H,4,7-8,11-14H2,(H,25,30)(H,26,31)/b10-9+/t17-,18?,19-,20?,22+/m0/s1. The number of aldehydes is 1. The maximum absolute atomic E-state index is 13.2. The summed E-state index contributed by atoms with van der Waals surface area (Å²) in [4.78, 5) is 51.3. The third-order valence-electron chi connectivity index (χ3n) is 6.85. The SMILES string of the molecule is O=C[C@H](C[C@@H]1CCNC1=O)NC(=O)[C@H]1C2CCCC2CN1C(=O)/C=C/c1ccccc1. The molecule has 3 amide bonds. The molecule has 2 saturated heterocycles. The maximum atomic E-state index is 13.2. The Hall–Kier alpha value is -2.96. The van der Waals surface area contributed by atoms with E-state index < -0.39 is 12.1 Å². The van der Waals surface area contributed by atoms with Gasteiger partial charge in [0.1, 0.15) is 12.3 Å². The Kier molecular flexibility index (Phi) is 6.49. The van der Waals surface area contributed by atoms with Gasteiger partial charge in [0.05, 0.1) is 6.04 Å². The third kappa shape index (κ3) is 4.70. The van der Waals surface area contributed by atoms with Gasteiger partial charge in [-0.2, -0.15) is 0 Å². The van der Waals surface area contributed by atoms with Gasteiger partial charge in [0, 0.05) is 25.1 Å². The van der Waals surface area contributed by atoms with E-state index in [1.807, 2.05) is 30.3 Å². The van der Waals surface area contributed by atoms with Crippen molar-refractivity contribution < 1.29 is 19.2 Å². The fourth-order valence-corrected chi connectivity index (χ4v) is 5.29. The highest BCUT2D eigenvalue weighted by atomic mass is 16.2. The highest BCUT2D eigenvalue weighted by molar-refractivity contribution is 5.96. The Morgan fingerprint density at radius 3 is 2.71 bits per heavy atom. The van der Waals surface area contributed by atoms with E-state index in [1.54, 1.807) is 11.0 Å². The molecule has 0 radical (unpaired) electrons. The monoisotopic (exact) mass is 423 g/mol. The van der Waals surface area contributed by atoms with Gasteiger partial charge in [-0.25, -0.2) is 0 Å². The summed E-state index contributed by atoms with van der Waals surface area (Å²) in [5.74, 6) is -0.357. The van der Waals surface area contributed by atoms with Crippen molar-refractivity contribution in [2.45, 2.75) is 44.2 Å². The molecule has 1 aromatic carbocycles. The predicted molar refractivity (Wildman–Crippen MR) is 116 cm³/mol. The molecule has 2 N–H and O–H groups in total. The van der Waals surface area contributed by atoms with Gasteiger partial charge in [0.15, 0.2) is 0 Å². The second kappa shape index (κ2) is 9.45. The minimum absolute atomic E-state index is 0.0688. The molecule has 1 aromatic rings. The molecule has 2 unspecified atom stereocenters. The molecule has 0 spiro atoms. The van der Waals surface area contributed by atoms with Crippen LogP contribution in [0.1, 0.15) is 37.7 Å². The lowest BCUT2D eigenvalue weighted by atomic mass is 9.92. The van der Waals surface area contributed by atoms with Crippen LogP contribution in [-0.4, -0.2) is 54.1 Å². The zero-order chi connectivity index (χ0) is 21.8. The van der Waals surface area contributed by atoms with E-state index in [0.717, 1.165) is 24.8 Å². The summed E-state index contributed by atoms with van der Waals surface area (Å²) in [5.41, 5.74) is 0.923. The van der Waals surface area contributed by atoms with Crippen LogP contribution in [0.2, 0.25) is 0 Å². The zero-order valence-electron chi connectivity index (χ0n) is 17.5. The van der Waals surface area contributed by atoms with E-state index in [1.165, 1.54) is 6.08 Å². The second-order valence-corrected chi connectivity index (χ2v) is 8.80. The van der Waals surface area contributed by atoms with Crippen molar-refractivity contribution in [1.82, 2.24) is 15.5 Å². The Morgan fingerprint density at radius 2 is 2.00 bits per heavy atom. The summed E-state index contributed by atoms with van der Waals surface area (Å²) < 4.78 is 0. The average molecular weight is 424 g/mol. The number of carbonyl (C=O) groups is 4. The number of fused-ring (bicyclic) bond motifs is 1. The Morgan fingerprint density at radius 1 is 1.19 bits per heavy atom. The molecule has 164 valence electrons. The van der Waals surface area contributed by atoms with E-state index in [2.05, 4.69) is 10.6 Å². The van der Waals surface area contributed by atoms with Crippen LogP contribution in [0.4, 0.5) is 0 Å². The Balaban J connectivity index is 1.45. The smallest absolute Gasteiger partial charge is 0.247 e. The fraction of sp³-hybridized carbons (Fsp3) is 0.500. The number of likely N-dealkylation sites (tertiary alicyclic amines) is 1. The first-order valence-electron chi connectivity index (χ1n) is 11.1. The lowest BCUT2D eigenvalue weighted by Gasteiger charge is -2.27. The number of benzene rings is 1. The lowest BCUT2D eigenvalue weighted by molar-refractivity contribution is -0.137. The number of hydrogen-bond donors (Lipinski definition) is 2. The van der Waals surface area contributed by atoms with Crippen LogP contribution in [-0.2, 0) is 19.2 Å². The quantitative estimate of drug-likeness (QED) is 0.514. The molecule has 1 aliphatic carbocycles. The molecule has 0 aromatic heterocycles. The first-order chi connectivity index (χ1) is 15.1. The van der Waals surface area contributed by atoms with Crippen LogP contribution in [0.3, 0.4) is 0 Å². The van der Waals surface area contributed by atoms with Gasteiger partial charge in [0.2, 0.25) is 17.7 Å². The molecular weight excluding hydrogens is 394 g/mol. The highest BCUT2D eigenvalue weighted by Gasteiger charge is 2.49. The zero-order valence-corrected chi connectivity index (χ0v) is 17.5. The summed E-state index contributed by atoms with van der Waals surface area (Å²) in [5, 5.41) is 5.58. The molecule has 2 aliphatic heterocycles. The van der Waals surface area contributed by atoms with E-state index in [9.17, 15) is 19.2 Å². The molecule has 3 fully saturated rings. The summed E-state index contributed by atoms with van der Waals surface area (Å²) in [6, 6.07) is 8.27. The van der Waals surface area contributed by atoms with Crippen molar-refractivity contribution >= 4 is 30.1 Å². The Labute approximate surface area is 182 Å². The number of carbonyl (C=O) groups excluding carboxylic acids is 4. The number of hydrogen-bond acceptors (Lipinski definition) is 4.